The van der Waals surface area contributed by atoms with Gasteiger partial charge in [-0.2, -0.15) is 0 Å². The predicted octanol–water partition coefficient (Wildman–Crippen LogP) is 5.08. The molecule has 2 N–H and O–H groups in total. The normalized spacial score (nSPS) is 15.0. The second kappa shape index (κ2) is 9.04. The first-order valence-electron chi connectivity index (χ1n) is 12.1. The number of hydrogen-bond donors (Lipinski definition) is 2. The number of carbonyl (C=O) groups excluding carboxylic acids is 1. The van der Waals surface area contributed by atoms with Gasteiger partial charge in [-0.1, -0.05) is 0 Å². The molecule has 1 aromatic carbocycles. The number of halogens is 2. The minimum absolute atomic E-state index is 0.240. The molecule has 0 radical (unpaired) electrons. The van der Waals surface area contributed by atoms with Crippen LogP contribution in [0.1, 0.15) is 35.1 Å². The number of amides is 1. The average molecular weight is 502 g/mol. The van der Waals surface area contributed by atoms with Crippen molar-refractivity contribution in [2.24, 2.45) is 0 Å². The Hall–Kier alpha value is -4.18. The van der Waals surface area contributed by atoms with Crippen molar-refractivity contribution in [1.29, 1.82) is 0 Å². The van der Waals surface area contributed by atoms with Crippen LogP contribution in [0.5, 0.6) is 0 Å². The number of likely N-dealkylation sites (tertiary alicyclic amines) is 1. The summed E-state index contributed by atoms with van der Waals surface area (Å²) in [5.74, 6) is -0.595. The molecule has 0 unspecified atom stereocenters. The van der Waals surface area contributed by atoms with Crippen molar-refractivity contribution in [3.8, 4) is 11.1 Å². The van der Waals surface area contributed by atoms with Gasteiger partial charge >= 0.3 is 0 Å². The molecule has 4 aromatic heterocycles. The summed E-state index contributed by atoms with van der Waals surface area (Å²) in [6, 6.07) is 6.57. The van der Waals surface area contributed by atoms with E-state index in [2.05, 4.69) is 41.8 Å². The van der Waals surface area contributed by atoms with Crippen molar-refractivity contribution < 1.29 is 13.6 Å². The van der Waals surface area contributed by atoms with Crippen molar-refractivity contribution in [1.82, 2.24) is 29.4 Å². The third-order valence-corrected chi connectivity index (χ3v) is 7.05. The van der Waals surface area contributed by atoms with Crippen LogP contribution >= 0.6 is 0 Å². The van der Waals surface area contributed by atoms with Gasteiger partial charge in [0, 0.05) is 35.5 Å². The number of fused-ring (bicyclic) bond motifs is 2. The van der Waals surface area contributed by atoms with Crippen LogP contribution in [0, 0.1) is 18.6 Å². The van der Waals surface area contributed by atoms with E-state index in [0.717, 1.165) is 49.0 Å². The van der Waals surface area contributed by atoms with E-state index in [9.17, 15) is 9.18 Å². The molecule has 0 saturated carbocycles. The summed E-state index contributed by atoms with van der Waals surface area (Å²) in [5, 5.41) is 3.30. The number of aromatic nitrogens is 5. The quantitative estimate of drug-likeness (QED) is 0.358. The molecule has 1 saturated heterocycles. The van der Waals surface area contributed by atoms with Gasteiger partial charge in [0.2, 0.25) is 0 Å². The standard InChI is InChI=1S/C27H25F2N7O/c1-15-33-25-23(29)8-16(9-24(25)36(15)20-3-5-35(2)6-4-20)22-14-32-26-21(22)7-17(11-31-26)27(37)34-19-10-18(28)12-30-13-19/h7-14,20H,3-6H2,1-2H3,(H,31,32)(H,34,37). The molecule has 0 aliphatic carbocycles. The van der Waals surface area contributed by atoms with Crippen LogP contribution in [0.4, 0.5) is 14.5 Å². The van der Waals surface area contributed by atoms with E-state index in [4.69, 9.17) is 0 Å². The van der Waals surface area contributed by atoms with Crippen LogP contribution in [0.2, 0.25) is 0 Å². The molecule has 6 rings (SSSR count). The van der Waals surface area contributed by atoms with Crippen LogP contribution in [0.3, 0.4) is 0 Å². The summed E-state index contributed by atoms with van der Waals surface area (Å²) in [4.78, 5) is 30.9. The fraction of sp³-hybridized carbons (Fsp3) is 0.259. The van der Waals surface area contributed by atoms with Crippen molar-refractivity contribution in [3.05, 3.63) is 72.1 Å². The number of nitrogens with one attached hydrogen (secondary N) is 2. The van der Waals surface area contributed by atoms with Gasteiger partial charge < -0.3 is 19.8 Å². The van der Waals surface area contributed by atoms with Gasteiger partial charge in [0.25, 0.3) is 5.91 Å². The second-order valence-corrected chi connectivity index (χ2v) is 9.56. The van der Waals surface area contributed by atoms with Crippen molar-refractivity contribution in [2.75, 3.05) is 25.5 Å². The number of hydrogen-bond acceptors (Lipinski definition) is 5. The Kier molecular flexibility index (Phi) is 5.68. The molecule has 1 amide bonds. The number of nitrogens with zero attached hydrogens (tertiary/aromatic N) is 5. The molecule has 10 heteroatoms. The molecule has 0 bridgehead atoms. The van der Waals surface area contributed by atoms with Gasteiger partial charge in [-0.15, -0.1) is 0 Å². The first kappa shape index (κ1) is 23.2. The lowest BCUT2D eigenvalue weighted by Gasteiger charge is -2.30. The lowest BCUT2D eigenvalue weighted by Crippen LogP contribution is -2.31. The third kappa shape index (κ3) is 4.23. The van der Waals surface area contributed by atoms with E-state index < -0.39 is 17.5 Å². The van der Waals surface area contributed by atoms with Crippen molar-refractivity contribution in [3.63, 3.8) is 0 Å². The Balaban J connectivity index is 1.40. The summed E-state index contributed by atoms with van der Waals surface area (Å²) >= 11 is 0. The topological polar surface area (TPSA) is 91.7 Å². The highest BCUT2D eigenvalue weighted by Gasteiger charge is 2.24. The predicted molar refractivity (Wildman–Crippen MR) is 137 cm³/mol. The van der Waals surface area contributed by atoms with Crippen LogP contribution in [0.25, 0.3) is 33.2 Å². The highest BCUT2D eigenvalue weighted by atomic mass is 19.1. The number of H-pyrrole nitrogens is 1. The summed E-state index contributed by atoms with van der Waals surface area (Å²) in [6.07, 6.45) is 7.58. The minimum atomic E-state index is -0.550. The molecule has 0 atom stereocenters. The van der Waals surface area contributed by atoms with E-state index in [-0.39, 0.29) is 17.3 Å². The lowest BCUT2D eigenvalue weighted by atomic mass is 10.0. The zero-order valence-electron chi connectivity index (χ0n) is 20.4. The number of aromatic amines is 1. The Labute approximate surface area is 211 Å². The maximum atomic E-state index is 15.3. The fourth-order valence-corrected chi connectivity index (χ4v) is 5.19. The van der Waals surface area contributed by atoms with Crippen LogP contribution in [-0.2, 0) is 0 Å². The number of pyridine rings is 2. The molecule has 1 fully saturated rings. The maximum absolute atomic E-state index is 15.3. The number of piperidine rings is 1. The molecule has 37 heavy (non-hydrogen) atoms. The molecular formula is C27H25F2N7O. The maximum Gasteiger partial charge on any atom is 0.257 e. The fourth-order valence-electron chi connectivity index (χ4n) is 5.19. The molecule has 188 valence electrons. The number of carbonyl (C=O) groups is 1. The number of benzene rings is 1. The summed E-state index contributed by atoms with van der Waals surface area (Å²) < 4.78 is 31.0. The molecule has 0 spiro atoms. The van der Waals surface area contributed by atoms with E-state index in [1.807, 2.05) is 13.0 Å². The summed E-state index contributed by atoms with van der Waals surface area (Å²) in [5.41, 5.74) is 3.60. The number of rotatable bonds is 4. The summed E-state index contributed by atoms with van der Waals surface area (Å²) in [7, 11) is 2.11. The Bertz CT molecular complexity index is 1650. The first-order chi connectivity index (χ1) is 17.9. The number of aryl methyl sites for hydroxylation is 1. The van der Waals surface area contributed by atoms with E-state index in [0.29, 0.717) is 22.1 Å². The SMILES string of the molecule is Cc1nc2c(F)cc(-c3c[nH]c4ncc(C(=O)Nc5cncc(F)c5)cc34)cc2n1C1CCN(C)CC1. The van der Waals surface area contributed by atoms with Gasteiger partial charge in [0.1, 0.15) is 22.8 Å². The summed E-state index contributed by atoms with van der Waals surface area (Å²) in [6.45, 7) is 3.89. The van der Waals surface area contributed by atoms with Gasteiger partial charge in [0.15, 0.2) is 5.82 Å². The van der Waals surface area contributed by atoms with E-state index in [1.165, 1.54) is 24.5 Å². The van der Waals surface area contributed by atoms with E-state index >= 15 is 4.39 Å². The Morgan fingerprint density at radius 2 is 1.92 bits per heavy atom. The van der Waals surface area contributed by atoms with Crippen LogP contribution < -0.4 is 5.32 Å². The lowest BCUT2D eigenvalue weighted by molar-refractivity contribution is 0.102. The second-order valence-electron chi connectivity index (χ2n) is 9.56. The first-order valence-corrected chi connectivity index (χ1v) is 12.1. The smallest absolute Gasteiger partial charge is 0.257 e. The van der Waals surface area contributed by atoms with Crippen LogP contribution in [0.15, 0.2) is 49.1 Å². The Morgan fingerprint density at radius 1 is 1.11 bits per heavy atom. The molecule has 1 aliphatic heterocycles. The molecular weight excluding hydrogens is 476 g/mol. The molecule has 8 nitrogen and oxygen atoms in total. The Morgan fingerprint density at radius 3 is 2.70 bits per heavy atom. The van der Waals surface area contributed by atoms with Crippen molar-refractivity contribution in [2.45, 2.75) is 25.8 Å². The van der Waals surface area contributed by atoms with Crippen molar-refractivity contribution >= 4 is 33.7 Å². The van der Waals surface area contributed by atoms with E-state index in [1.54, 1.807) is 12.3 Å². The monoisotopic (exact) mass is 501 g/mol. The van der Waals surface area contributed by atoms with Gasteiger partial charge in [-0.25, -0.2) is 18.7 Å². The highest BCUT2D eigenvalue weighted by Crippen LogP contribution is 2.35. The third-order valence-electron chi connectivity index (χ3n) is 7.05. The minimum Gasteiger partial charge on any atom is -0.346 e. The van der Waals surface area contributed by atoms with Gasteiger partial charge in [-0.05, 0) is 63.7 Å². The van der Waals surface area contributed by atoms with Crippen LogP contribution in [-0.4, -0.2) is 55.4 Å². The average Bonchev–Trinajstić information content (AvgIpc) is 3.45. The zero-order valence-corrected chi connectivity index (χ0v) is 20.4. The number of imidazole rings is 1. The van der Waals surface area contributed by atoms with Gasteiger partial charge in [0.05, 0.1) is 29.2 Å². The molecule has 5 aromatic rings. The largest absolute Gasteiger partial charge is 0.346 e. The zero-order chi connectivity index (χ0) is 25.7. The molecule has 5 heterocycles. The van der Waals surface area contributed by atoms with Gasteiger partial charge in [-0.3, -0.25) is 9.78 Å². The highest BCUT2D eigenvalue weighted by molar-refractivity contribution is 6.07. The number of anilines is 1. The molecule has 1 aliphatic rings.